The van der Waals surface area contributed by atoms with E-state index in [2.05, 4.69) is 4.98 Å². The molecule has 0 unspecified atom stereocenters. The first-order valence-corrected chi connectivity index (χ1v) is 4.50. The predicted octanol–water partition coefficient (Wildman–Crippen LogP) is 1.75. The molecule has 0 radical (unpaired) electrons. The van der Waals surface area contributed by atoms with Gasteiger partial charge in [0.25, 0.3) is 0 Å². The standard InChI is InChI=1S/C9H6ClFN2O2/c10-9-5-2-1-3-6(11)13(5)7(12-9)4-8(14)15/h1-3H,4H2,(H,14,15). The molecule has 0 fully saturated rings. The zero-order valence-corrected chi connectivity index (χ0v) is 8.20. The summed E-state index contributed by atoms with van der Waals surface area (Å²) in [5.74, 6) is -1.58. The molecule has 0 saturated heterocycles. The van der Waals surface area contributed by atoms with Crippen LogP contribution in [0.1, 0.15) is 5.82 Å². The zero-order valence-electron chi connectivity index (χ0n) is 7.44. The number of rotatable bonds is 2. The summed E-state index contributed by atoms with van der Waals surface area (Å²) < 4.78 is 14.5. The number of aromatic nitrogens is 2. The second kappa shape index (κ2) is 3.51. The van der Waals surface area contributed by atoms with Crippen LogP contribution in [-0.4, -0.2) is 20.5 Å². The Labute approximate surface area is 88.9 Å². The highest BCUT2D eigenvalue weighted by Crippen LogP contribution is 2.19. The Bertz CT molecular complexity index is 538. The topological polar surface area (TPSA) is 54.6 Å². The van der Waals surface area contributed by atoms with E-state index < -0.39 is 11.9 Å². The van der Waals surface area contributed by atoms with E-state index in [0.29, 0.717) is 5.52 Å². The molecule has 0 spiro atoms. The van der Waals surface area contributed by atoms with Crippen molar-refractivity contribution in [1.29, 1.82) is 0 Å². The number of hydrogen-bond donors (Lipinski definition) is 1. The monoisotopic (exact) mass is 228 g/mol. The highest BCUT2D eigenvalue weighted by molar-refractivity contribution is 6.32. The van der Waals surface area contributed by atoms with Crippen LogP contribution in [0.4, 0.5) is 4.39 Å². The first-order valence-electron chi connectivity index (χ1n) is 4.12. The normalized spacial score (nSPS) is 10.8. The molecule has 6 heteroatoms. The minimum Gasteiger partial charge on any atom is -0.481 e. The van der Waals surface area contributed by atoms with Crippen molar-refractivity contribution in [2.24, 2.45) is 0 Å². The van der Waals surface area contributed by atoms with Gasteiger partial charge in [-0.3, -0.25) is 9.20 Å². The van der Waals surface area contributed by atoms with Gasteiger partial charge >= 0.3 is 5.97 Å². The Morgan fingerprint density at radius 2 is 2.33 bits per heavy atom. The largest absolute Gasteiger partial charge is 0.481 e. The van der Waals surface area contributed by atoms with E-state index >= 15 is 0 Å². The minimum atomic E-state index is -1.08. The lowest BCUT2D eigenvalue weighted by Gasteiger charge is -1.99. The van der Waals surface area contributed by atoms with Crippen LogP contribution in [0.25, 0.3) is 5.52 Å². The number of fused-ring (bicyclic) bond motifs is 1. The lowest BCUT2D eigenvalue weighted by atomic mass is 10.4. The number of pyridine rings is 1. The Balaban J connectivity index is 2.70. The maximum absolute atomic E-state index is 13.4. The summed E-state index contributed by atoms with van der Waals surface area (Å²) in [5.41, 5.74) is 0.368. The van der Waals surface area contributed by atoms with Crippen molar-refractivity contribution in [2.75, 3.05) is 0 Å². The van der Waals surface area contributed by atoms with Gasteiger partial charge in [0, 0.05) is 0 Å². The molecular weight excluding hydrogens is 223 g/mol. The molecule has 2 aromatic heterocycles. The Morgan fingerprint density at radius 1 is 1.60 bits per heavy atom. The molecule has 0 aromatic carbocycles. The zero-order chi connectivity index (χ0) is 11.0. The third-order valence-corrected chi connectivity index (χ3v) is 2.23. The highest BCUT2D eigenvalue weighted by atomic mass is 35.5. The van der Waals surface area contributed by atoms with Crippen molar-refractivity contribution in [2.45, 2.75) is 6.42 Å². The Hall–Kier alpha value is -1.62. The van der Waals surface area contributed by atoms with Crippen LogP contribution < -0.4 is 0 Å². The molecule has 4 nitrogen and oxygen atoms in total. The van der Waals surface area contributed by atoms with E-state index in [1.165, 1.54) is 12.1 Å². The summed E-state index contributed by atoms with van der Waals surface area (Å²) in [4.78, 5) is 14.3. The summed E-state index contributed by atoms with van der Waals surface area (Å²) in [6.07, 6.45) is -0.366. The van der Waals surface area contributed by atoms with Gasteiger partial charge in [0.05, 0.1) is 5.52 Å². The lowest BCUT2D eigenvalue weighted by molar-refractivity contribution is -0.136. The molecular formula is C9H6ClFN2O2. The van der Waals surface area contributed by atoms with Gasteiger partial charge in [0.15, 0.2) is 11.1 Å². The number of imidazole rings is 1. The molecule has 2 aromatic rings. The molecule has 0 aliphatic heterocycles. The number of halogens is 2. The fourth-order valence-electron chi connectivity index (χ4n) is 1.38. The first kappa shape index (κ1) is 9.92. The van der Waals surface area contributed by atoms with Crippen molar-refractivity contribution in [3.8, 4) is 0 Å². The number of carboxylic acids is 1. The first-order chi connectivity index (χ1) is 7.09. The highest BCUT2D eigenvalue weighted by Gasteiger charge is 2.14. The van der Waals surface area contributed by atoms with Crippen molar-refractivity contribution >= 4 is 23.1 Å². The predicted molar refractivity (Wildman–Crippen MR) is 51.5 cm³/mol. The van der Waals surface area contributed by atoms with E-state index in [4.69, 9.17) is 16.7 Å². The van der Waals surface area contributed by atoms with Crippen LogP contribution in [0.3, 0.4) is 0 Å². The summed E-state index contributed by atoms with van der Waals surface area (Å²) in [7, 11) is 0. The van der Waals surface area contributed by atoms with Gasteiger partial charge < -0.3 is 5.11 Å². The minimum absolute atomic E-state index is 0.0839. The van der Waals surface area contributed by atoms with Gasteiger partial charge in [-0.25, -0.2) is 4.98 Å². The van der Waals surface area contributed by atoms with Crippen molar-refractivity contribution in [1.82, 2.24) is 9.38 Å². The second-order valence-corrected chi connectivity index (χ2v) is 3.32. The van der Waals surface area contributed by atoms with E-state index in [1.807, 2.05) is 0 Å². The van der Waals surface area contributed by atoms with Crippen LogP contribution >= 0.6 is 11.6 Å². The molecule has 0 aliphatic carbocycles. The number of nitrogens with zero attached hydrogens (tertiary/aromatic N) is 2. The molecule has 0 bridgehead atoms. The average Bonchev–Trinajstić information content (AvgIpc) is 2.44. The molecule has 2 rings (SSSR count). The quantitative estimate of drug-likeness (QED) is 0.797. The number of aliphatic carboxylic acids is 1. The molecule has 0 amide bonds. The van der Waals surface area contributed by atoms with Gasteiger partial charge in [0.2, 0.25) is 0 Å². The average molecular weight is 229 g/mol. The summed E-state index contributed by atoms with van der Waals surface area (Å²) in [6.45, 7) is 0. The van der Waals surface area contributed by atoms with Crippen LogP contribution in [0.5, 0.6) is 0 Å². The van der Waals surface area contributed by atoms with Crippen LogP contribution in [0, 0.1) is 5.95 Å². The van der Waals surface area contributed by atoms with Gasteiger partial charge in [-0.1, -0.05) is 17.7 Å². The molecule has 0 atom stereocenters. The second-order valence-electron chi connectivity index (χ2n) is 2.96. The molecule has 0 saturated carbocycles. The van der Waals surface area contributed by atoms with E-state index in [1.54, 1.807) is 6.07 Å². The van der Waals surface area contributed by atoms with Crippen molar-refractivity contribution in [3.63, 3.8) is 0 Å². The maximum Gasteiger partial charge on any atom is 0.311 e. The Morgan fingerprint density at radius 3 is 3.00 bits per heavy atom. The summed E-state index contributed by atoms with van der Waals surface area (Å²) >= 11 is 5.74. The van der Waals surface area contributed by atoms with Gasteiger partial charge in [-0.2, -0.15) is 4.39 Å². The summed E-state index contributed by atoms with van der Waals surface area (Å²) in [5, 5.41) is 8.71. The third kappa shape index (κ3) is 1.66. The van der Waals surface area contributed by atoms with Gasteiger partial charge in [-0.15, -0.1) is 0 Å². The fourth-order valence-corrected chi connectivity index (χ4v) is 1.63. The molecule has 1 N–H and O–H groups in total. The van der Waals surface area contributed by atoms with Crippen LogP contribution in [-0.2, 0) is 11.2 Å². The third-order valence-electron chi connectivity index (χ3n) is 1.95. The molecule has 2 heterocycles. The number of carboxylic acid groups (broad SMARTS) is 1. The van der Waals surface area contributed by atoms with Crippen molar-refractivity contribution < 1.29 is 14.3 Å². The maximum atomic E-state index is 13.4. The molecule has 0 aliphatic rings. The smallest absolute Gasteiger partial charge is 0.311 e. The van der Waals surface area contributed by atoms with E-state index in [-0.39, 0.29) is 17.4 Å². The molecule has 15 heavy (non-hydrogen) atoms. The number of hydrogen-bond acceptors (Lipinski definition) is 2. The van der Waals surface area contributed by atoms with Crippen LogP contribution in [0.2, 0.25) is 5.15 Å². The summed E-state index contributed by atoms with van der Waals surface area (Å²) in [6, 6.07) is 4.28. The van der Waals surface area contributed by atoms with Gasteiger partial charge in [-0.05, 0) is 12.1 Å². The number of carbonyl (C=O) groups is 1. The fraction of sp³-hybridized carbons (Fsp3) is 0.111. The molecule has 78 valence electrons. The van der Waals surface area contributed by atoms with Crippen LogP contribution in [0.15, 0.2) is 18.2 Å². The van der Waals surface area contributed by atoms with Gasteiger partial charge in [0.1, 0.15) is 12.2 Å². The van der Waals surface area contributed by atoms with Crippen molar-refractivity contribution in [3.05, 3.63) is 35.1 Å². The lowest BCUT2D eigenvalue weighted by Crippen LogP contribution is -2.06. The SMILES string of the molecule is O=C(O)Cc1nc(Cl)c2cccc(F)n12. The van der Waals surface area contributed by atoms with E-state index in [0.717, 1.165) is 4.40 Å². The van der Waals surface area contributed by atoms with E-state index in [9.17, 15) is 9.18 Å². The Kier molecular flexibility index (Phi) is 2.32.